The second kappa shape index (κ2) is 8.78. The van der Waals surface area contributed by atoms with Crippen LogP contribution in [0.1, 0.15) is 28.8 Å². The number of hydrogen-bond acceptors (Lipinski definition) is 8. The first-order valence-electron chi connectivity index (χ1n) is 12.3. The molecule has 9 nitrogen and oxygen atoms in total. The van der Waals surface area contributed by atoms with E-state index in [1.165, 1.54) is 6.20 Å². The molecule has 0 radical (unpaired) electrons. The number of carbonyl (C=O) groups is 1. The fourth-order valence-electron chi connectivity index (χ4n) is 5.17. The van der Waals surface area contributed by atoms with Crippen LogP contribution in [0.25, 0.3) is 0 Å². The molecule has 1 aromatic heterocycles. The van der Waals surface area contributed by atoms with Crippen molar-refractivity contribution >= 4 is 34.8 Å². The van der Waals surface area contributed by atoms with Crippen LogP contribution in [-0.4, -0.2) is 73.1 Å². The molecule has 1 spiro atoms. The third-order valence-electron chi connectivity index (χ3n) is 7.72. The van der Waals surface area contributed by atoms with Crippen molar-refractivity contribution in [2.45, 2.75) is 24.4 Å². The molecule has 1 saturated heterocycles. The third kappa shape index (κ3) is 3.93. The van der Waals surface area contributed by atoms with Crippen molar-refractivity contribution in [1.29, 1.82) is 0 Å². The summed E-state index contributed by atoms with van der Waals surface area (Å²) in [6.07, 6.45) is 3.40. The van der Waals surface area contributed by atoms with Crippen LogP contribution in [-0.2, 0) is 5.54 Å². The third-order valence-corrected chi connectivity index (χ3v) is 7.98. The maximum Gasteiger partial charge on any atom is 0.258 e. The Hall–Kier alpha value is -3.56. The van der Waals surface area contributed by atoms with Crippen LogP contribution in [0.5, 0.6) is 17.4 Å². The minimum Gasteiger partial charge on any atom is -0.494 e. The molecule has 6 rings (SSSR count). The van der Waals surface area contributed by atoms with Gasteiger partial charge in [-0.2, -0.15) is 4.98 Å². The van der Waals surface area contributed by atoms with Crippen molar-refractivity contribution in [2.75, 3.05) is 51.6 Å². The Morgan fingerprint density at radius 2 is 1.95 bits per heavy atom. The number of ether oxygens (including phenoxy) is 2. The summed E-state index contributed by atoms with van der Waals surface area (Å²) in [5.74, 6) is 1.55. The number of fused-ring (bicyclic) bond motifs is 2. The second-order valence-electron chi connectivity index (χ2n) is 10.1. The molecular formula is C27H29ClN6O3. The zero-order valence-electron chi connectivity index (χ0n) is 21.3. The first-order chi connectivity index (χ1) is 17.8. The second-order valence-corrected chi connectivity index (χ2v) is 10.5. The normalized spacial score (nSPS) is 17.7. The van der Waals surface area contributed by atoms with Crippen LogP contribution in [0, 0.1) is 0 Å². The Balaban J connectivity index is 1.23. The summed E-state index contributed by atoms with van der Waals surface area (Å²) >= 11 is 6.40. The van der Waals surface area contributed by atoms with E-state index in [1.807, 2.05) is 42.3 Å². The van der Waals surface area contributed by atoms with Gasteiger partial charge >= 0.3 is 0 Å². The molecule has 1 aliphatic carbocycles. The zero-order chi connectivity index (χ0) is 25.9. The van der Waals surface area contributed by atoms with Crippen molar-refractivity contribution in [3.8, 4) is 17.4 Å². The number of rotatable bonds is 7. The van der Waals surface area contributed by atoms with Gasteiger partial charge in [0.05, 0.1) is 30.1 Å². The van der Waals surface area contributed by atoms with Crippen LogP contribution < -0.4 is 19.7 Å². The number of carbonyl (C=O) groups excluding carboxylic acids is 1. The van der Waals surface area contributed by atoms with Crippen molar-refractivity contribution in [3.05, 3.63) is 58.7 Å². The Morgan fingerprint density at radius 3 is 2.65 bits per heavy atom. The number of likely N-dealkylation sites (N-methyl/N-ethyl adjacent to an activating group) is 1. The van der Waals surface area contributed by atoms with Gasteiger partial charge in [-0.3, -0.25) is 4.79 Å². The molecule has 10 heteroatoms. The minimum absolute atomic E-state index is 0.0458. The quantitative estimate of drug-likeness (QED) is 0.487. The van der Waals surface area contributed by atoms with Gasteiger partial charge in [-0.15, -0.1) is 0 Å². The molecule has 3 aromatic rings. The Bertz CT molecular complexity index is 1390. The van der Waals surface area contributed by atoms with Crippen LogP contribution in [0.15, 0.2) is 42.6 Å². The van der Waals surface area contributed by atoms with E-state index < -0.39 is 0 Å². The van der Waals surface area contributed by atoms with Gasteiger partial charge in [0.15, 0.2) is 0 Å². The average molecular weight is 521 g/mol. The van der Waals surface area contributed by atoms with Gasteiger partial charge in [-0.25, -0.2) is 4.98 Å². The first kappa shape index (κ1) is 23.8. The Morgan fingerprint density at radius 1 is 1.16 bits per heavy atom. The summed E-state index contributed by atoms with van der Waals surface area (Å²) in [7, 11) is 7.69. The lowest BCUT2D eigenvalue weighted by Crippen LogP contribution is -2.57. The molecule has 1 saturated carbocycles. The molecule has 3 heterocycles. The number of methoxy groups -OCH3 is 1. The number of nitrogens with zero attached hydrogens (tertiary/aromatic N) is 5. The largest absolute Gasteiger partial charge is 0.494 e. The van der Waals surface area contributed by atoms with Gasteiger partial charge in [0.1, 0.15) is 16.5 Å². The molecule has 3 aliphatic rings. The van der Waals surface area contributed by atoms with Gasteiger partial charge in [0.2, 0.25) is 11.8 Å². The van der Waals surface area contributed by atoms with E-state index in [9.17, 15) is 4.79 Å². The molecule has 2 aliphatic heterocycles. The average Bonchev–Trinajstić information content (AvgIpc) is 3.63. The van der Waals surface area contributed by atoms with Gasteiger partial charge in [0.25, 0.3) is 5.91 Å². The summed E-state index contributed by atoms with van der Waals surface area (Å²) in [4.78, 5) is 28.2. The van der Waals surface area contributed by atoms with E-state index in [0.29, 0.717) is 29.1 Å². The highest BCUT2D eigenvalue weighted by Crippen LogP contribution is 2.57. The first-order valence-corrected chi connectivity index (χ1v) is 12.7. The van der Waals surface area contributed by atoms with Crippen LogP contribution in [0.4, 0.5) is 17.3 Å². The van der Waals surface area contributed by atoms with E-state index >= 15 is 0 Å². The summed E-state index contributed by atoms with van der Waals surface area (Å²) in [6.45, 7) is 1.96. The van der Waals surface area contributed by atoms with Crippen molar-refractivity contribution < 1.29 is 14.3 Å². The van der Waals surface area contributed by atoms with Gasteiger partial charge < -0.3 is 29.5 Å². The molecule has 1 N–H and O–H groups in total. The molecule has 1 amide bonds. The molecule has 192 valence electrons. The fourth-order valence-corrected chi connectivity index (χ4v) is 5.30. The SMILES string of the molecule is COc1cc(N2CC(N(C)C)C2)ccc1Nc1ncc(Cl)c(Oc2cccc3c2C(=O)N(C)C32CC2)n1. The molecular weight excluding hydrogens is 492 g/mol. The number of halogens is 1. The predicted molar refractivity (Wildman–Crippen MR) is 143 cm³/mol. The molecule has 0 unspecified atom stereocenters. The van der Waals surface area contributed by atoms with Crippen LogP contribution in [0.2, 0.25) is 5.02 Å². The lowest BCUT2D eigenvalue weighted by Gasteiger charge is -2.44. The number of amides is 1. The summed E-state index contributed by atoms with van der Waals surface area (Å²) in [5, 5.41) is 3.46. The predicted octanol–water partition coefficient (Wildman–Crippen LogP) is 4.50. The monoisotopic (exact) mass is 520 g/mol. The summed E-state index contributed by atoms with van der Waals surface area (Å²) in [6, 6.07) is 12.2. The van der Waals surface area contributed by atoms with Gasteiger partial charge in [-0.1, -0.05) is 23.7 Å². The Labute approximate surface area is 221 Å². The highest BCUT2D eigenvalue weighted by molar-refractivity contribution is 6.31. The fraction of sp³-hybridized carbons (Fsp3) is 0.370. The highest BCUT2D eigenvalue weighted by Gasteiger charge is 2.57. The number of anilines is 3. The smallest absolute Gasteiger partial charge is 0.258 e. The van der Waals surface area contributed by atoms with Gasteiger partial charge in [0, 0.05) is 37.9 Å². The number of aromatic nitrogens is 2. The molecule has 0 atom stereocenters. The maximum absolute atomic E-state index is 13.0. The Kier molecular flexibility index (Phi) is 5.65. The number of hydrogen-bond donors (Lipinski definition) is 1. The minimum atomic E-state index is -0.194. The van der Waals surface area contributed by atoms with E-state index in [1.54, 1.807) is 13.2 Å². The van der Waals surface area contributed by atoms with Crippen LogP contribution in [0.3, 0.4) is 0 Å². The van der Waals surface area contributed by atoms with Crippen molar-refractivity contribution in [1.82, 2.24) is 19.8 Å². The maximum atomic E-state index is 13.0. The molecule has 37 heavy (non-hydrogen) atoms. The lowest BCUT2D eigenvalue weighted by atomic mass is 10.0. The highest BCUT2D eigenvalue weighted by atomic mass is 35.5. The van der Waals surface area contributed by atoms with E-state index in [4.69, 9.17) is 21.1 Å². The lowest BCUT2D eigenvalue weighted by molar-refractivity contribution is 0.0753. The molecule has 2 aromatic carbocycles. The number of benzene rings is 2. The van der Waals surface area contributed by atoms with Crippen LogP contribution >= 0.6 is 11.6 Å². The summed E-state index contributed by atoms with van der Waals surface area (Å²) in [5.41, 5.74) is 3.20. The topological polar surface area (TPSA) is 83.1 Å². The van der Waals surface area contributed by atoms with E-state index in [-0.39, 0.29) is 22.3 Å². The van der Waals surface area contributed by atoms with Gasteiger partial charge in [-0.05, 0) is 50.7 Å². The number of nitrogens with one attached hydrogen (secondary N) is 1. The van der Waals surface area contributed by atoms with E-state index in [2.05, 4.69) is 39.2 Å². The summed E-state index contributed by atoms with van der Waals surface area (Å²) < 4.78 is 11.8. The van der Waals surface area contributed by atoms with Crippen molar-refractivity contribution in [2.24, 2.45) is 0 Å². The molecule has 2 fully saturated rings. The zero-order valence-corrected chi connectivity index (χ0v) is 22.0. The standard InChI is InChI=1S/C27H29ClN6O3/c1-32(2)17-14-34(15-17)16-8-9-20(22(12-16)36-4)30-26-29-13-19(28)24(31-26)37-21-7-5-6-18-23(21)25(35)33(3)27(18)10-11-27/h5-9,12-13,17H,10-11,14-15H2,1-4H3,(H,29,30,31). The van der Waals surface area contributed by atoms with Crippen molar-refractivity contribution in [3.63, 3.8) is 0 Å². The molecule has 0 bridgehead atoms. The van der Waals surface area contributed by atoms with E-state index in [0.717, 1.165) is 42.9 Å².